The molecule has 0 saturated heterocycles. The predicted octanol–water partition coefficient (Wildman–Crippen LogP) is 4.82. The minimum atomic E-state index is -0.508. The molecule has 8 heteroatoms. The maximum atomic E-state index is 12.5. The Morgan fingerprint density at radius 2 is 1.87 bits per heavy atom. The predicted molar refractivity (Wildman–Crippen MR) is 119 cm³/mol. The number of nitrogens with two attached hydrogens (primary N) is 1. The van der Waals surface area contributed by atoms with Crippen LogP contribution in [-0.2, 0) is 11.2 Å². The maximum Gasteiger partial charge on any atom is 0.248 e. The number of anilines is 1. The molecular formula is C22H16Cl2N4O2. The van der Waals surface area contributed by atoms with Gasteiger partial charge < -0.3 is 11.1 Å². The van der Waals surface area contributed by atoms with E-state index in [9.17, 15) is 9.59 Å². The molecule has 3 aromatic carbocycles. The van der Waals surface area contributed by atoms with Gasteiger partial charge in [-0.25, -0.2) is 0 Å². The summed E-state index contributed by atoms with van der Waals surface area (Å²) in [6.07, 6.45) is 0.119. The molecule has 0 fully saturated rings. The van der Waals surface area contributed by atoms with Crippen molar-refractivity contribution in [3.05, 3.63) is 81.8 Å². The number of nitrogens with one attached hydrogen (secondary N) is 2. The summed E-state index contributed by atoms with van der Waals surface area (Å²) in [7, 11) is 0. The number of carbonyl (C=O) groups is 2. The smallest absolute Gasteiger partial charge is 0.248 e. The first-order valence-corrected chi connectivity index (χ1v) is 9.78. The maximum absolute atomic E-state index is 12.5. The average molecular weight is 439 g/mol. The number of aromatic nitrogens is 2. The molecule has 0 unspecified atom stereocenters. The molecule has 4 rings (SSSR count). The summed E-state index contributed by atoms with van der Waals surface area (Å²) in [4.78, 5) is 24.0. The van der Waals surface area contributed by atoms with Gasteiger partial charge in [0.1, 0.15) is 0 Å². The van der Waals surface area contributed by atoms with Crippen LogP contribution in [0.4, 0.5) is 5.69 Å². The quantitative estimate of drug-likeness (QED) is 0.416. The molecule has 0 saturated carbocycles. The Morgan fingerprint density at radius 1 is 1.03 bits per heavy atom. The molecule has 4 N–H and O–H groups in total. The fourth-order valence-electron chi connectivity index (χ4n) is 3.17. The van der Waals surface area contributed by atoms with E-state index in [2.05, 4.69) is 15.5 Å². The van der Waals surface area contributed by atoms with E-state index in [1.165, 1.54) is 0 Å². The first-order valence-electron chi connectivity index (χ1n) is 9.03. The molecule has 6 nitrogen and oxygen atoms in total. The summed E-state index contributed by atoms with van der Waals surface area (Å²) in [5.41, 5.74) is 9.31. The first-order chi connectivity index (χ1) is 14.4. The van der Waals surface area contributed by atoms with Gasteiger partial charge in [-0.15, -0.1) is 0 Å². The zero-order chi connectivity index (χ0) is 21.3. The number of amides is 2. The van der Waals surface area contributed by atoms with Crippen molar-refractivity contribution in [3.63, 3.8) is 0 Å². The number of H-pyrrole nitrogens is 1. The fraction of sp³-hybridized carbons (Fsp3) is 0.0455. The molecule has 0 radical (unpaired) electrons. The Labute approximate surface area is 182 Å². The Morgan fingerprint density at radius 3 is 2.63 bits per heavy atom. The lowest BCUT2D eigenvalue weighted by atomic mass is 10.0. The van der Waals surface area contributed by atoms with Crippen LogP contribution in [0, 0.1) is 0 Å². The van der Waals surface area contributed by atoms with Gasteiger partial charge >= 0.3 is 0 Å². The third-order valence-corrected chi connectivity index (χ3v) is 5.22. The van der Waals surface area contributed by atoms with Crippen LogP contribution in [0.3, 0.4) is 0 Å². The Bertz CT molecular complexity index is 1280. The first kappa shape index (κ1) is 19.9. The van der Waals surface area contributed by atoms with Gasteiger partial charge in [0.25, 0.3) is 0 Å². The van der Waals surface area contributed by atoms with E-state index in [1.54, 1.807) is 42.5 Å². The van der Waals surface area contributed by atoms with E-state index >= 15 is 0 Å². The molecule has 1 heterocycles. The van der Waals surface area contributed by atoms with Gasteiger partial charge in [0.15, 0.2) is 0 Å². The summed E-state index contributed by atoms with van der Waals surface area (Å²) >= 11 is 12.0. The standard InChI is InChI=1S/C22H16Cl2N4O2/c23-15-6-4-12(18(24)11-15)10-20(29)26-16-3-1-2-13(8-16)21-17-9-14(22(25)30)5-7-19(17)27-28-21/h1-9,11H,10H2,(H2,25,30)(H,26,29)(H,27,28). The van der Waals surface area contributed by atoms with Crippen molar-refractivity contribution in [1.82, 2.24) is 10.2 Å². The van der Waals surface area contributed by atoms with Gasteiger partial charge in [-0.2, -0.15) is 5.10 Å². The average Bonchev–Trinajstić information content (AvgIpc) is 3.13. The molecule has 0 aliphatic carbocycles. The Kier molecular flexibility index (Phi) is 5.44. The number of aromatic amines is 1. The molecule has 4 aromatic rings. The van der Waals surface area contributed by atoms with Crippen molar-refractivity contribution in [2.45, 2.75) is 6.42 Å². The summed E-state index contributed by atoms with van der Waals surface area (Å²) in [5.74, 6) is -0.717. The monoisotopic (exact) mass is 438 g/mol. The number of rotatable bonds is 5. The van der Waals surface area contributed by atoms with Gasteiger partial charge in [-0.3, -0.25) is 14.7 Å². The zero-order valence-electron chi connectivity index (χ0n) is 15.6. The topological polar surface area (TPSA) is 101 Å². The van der Waals surface area contributed by atoms with E-state index in [4.69, 9.17) is 28.9 Å². The van der Waals surface area contributed by atoms with Crippen LogP contribution < -0.4 is 11.1 Å². The molecule has 2 amide bonds. The Hall–Kier alpha value is -3.35. The number of halogens is 2. The highest BCUT2D eigenvalue weighted by Crippen LogP contribution is 2.29. The molecule has 0 bridgehead atoms. The van der Waals surface area contributed by atoms with Crippen LogP contribution in [0.2, 0.25) is 10.0 Å². The van der Waals surface area contributed by atoms with Crippen LogP contribution in [-0.4, -0.2) is 22.0 Å². The second-order valence-electron chi connectivity index (χ2n) is 6.74. The van der Waals surface area contributed by atoms with Gasteiger partial charge in [0.05, 0.1) is 17.6 Å². The third kappa shape index (κ3) is 4.15. The van der Waals surface area contributed by atoms with Crippen LogP contribution in [0.5, 0.6) is 0 Å². The molecule has 1 aromatic heterocycles. The lowest BCUT2D eigenvalue weighted by Crippen LogP contribution is -2.14. The minimum absolute atomic E-state index is 0.119. The van der Waals surface area contributed by atoms with E-state index in [0.29, 0.717) is 32.6 Å². The highest BCUT2D eigenvalue weighted by Gasteiger charge is 2.13. The fourth-order valence-corrected chi connectivity index (χ4v) is 3.65. The summed E-state index contributed by atoms with van der Waals surface area (Å²) in [5, 5.41) is 11.9. The van der Waals surface area contributed by atoms with Crippen LogP contribution in [0.15, 0.2) is 60.7 Å². The minimum Gasteiger partial charge on any atom is -0.366 e. The highest BCUT2D eigenvalue weighted by molar-refractivity contribution is 6.35. The number of hydrogen-bond donors (Lipinski definition) is 3. The number of hydrogen-bond acceptors (Lipinski definition) is 3. The molecule has 0 spiro atoms. The number of carbonyl (C=O) groups excluding carboxylic acids is 2. The van der Waals surface area contributed by atoms with Crippen LogP contribution in [0.1, 0.15) is 15.9 Å². The van der Waals surface area contributed by atoms with E-state index in [1.807, 2.05) is 18.2 Å². The van der Waals surface area contributed by atoms with Crippen LogP contribution >= 0.6 is 23.2 Å². The van der Waals surface area contributed by atoms with Gasteiger partial charge in [-0.05, 0) is 48.0 Å². The van der Waals surface area contributed by atoms with Crippen molar-refractivity contribution >= 4 is 51.6 Å². The normalized spacial score (nSPS) is 10.9. The van der Waals surface area contributed by atoms with E-state index in [0.717, 1.165) is 16.5 Å². The number of nitrogens with zero attached hydrogens (tertiary/aromatic N) is 1. The number of benzene rings is 3. The SMILES string of the molecule is NC(=O)c1ccc2[nH]nc(-c3cccc(NC(=O)Cc4ccc(Cl)cc4Cl)c3)c2c1. The number of fused-ring (bicyclic) bond motifs is 1. The highest BCUT2D eigenvalue weighted by atomic mass is 35.5. The largest absolute Gasteiger partial charge is 0.366 e. The van der Waals surface area contributed by atoms with Crippen LogP contribution in [0.25, 0.3) is 22.2 Å². The molecule has 0 atom stereocenters. The molecule has 0 aliphatic heterocycles. The van der Waals surface area contributed by atoms with E-state index in [-0.39, 0.29) is 12.3 Å². The van der Waals surface area contributed by atoms with Gasteiger partial charge in [0, 0.05) is 32.2 Å². The van der Waals surface area contributed by atoms with Crippen molar-refractivity contribution < 1.29 is 9.59 Å². The summed E-state index contributed by atoms with van der Waals surface area (Å²) in [6, 6.07) is 17.4. The lowest BCUT2D eigenvalue weighted by Gasteiger charge is -2.08. The lowest BCUT2D eigenvalue weighted by molar-refractivity contribution is -0.115. The van der Waals surface area contributed by atoms with Crippen molar-refractivity contribution in [3.8, 4) is 11.3 Å². The number of primary amides is 1. The molecule has 150 valence electrons. The summed E-state index contributed by atoms with van der Waals surface area (Å²) < 4.78 is 0. The van der Waals surface area contributed by atoms with E-state index < -0.39 is 5.91 Å². The van der Waals surface area contributed by atoms with Gasteiger partial charge in [0.2, 0.25) is 11.8 Å². The molecular weight excluding hydrogens is 423 g/mol. The zero-order valence-corrected chi connectivity index (χ0v) is 17.1. The Balaban J connectivity index is 1.58. The van der Waals surface area contributed by atoms with Crippen molar-refractivity contribution in [2.24, 2.45) is 5.73 Å². The second kappa shape index (κ2) is 8.18. The molecule has 30 heavy (non-hydrogen) atoms. The van der Waals surface area contributed by atoms with Crippen molar-refractivity contribution in [2.75, 3.05) is 5.32 Å². The van der Waals surface area contributed by atoms with Crippen molar-refractivity contribution in [1.29, 1.82) is 0 Å². The summed E-state index contributed by atoms with van der Waals surface area (Å²) in [6.45, 7) is 0. The second-order valence-corrected chi connectivity index (χ2v) is 7.58. The third-order valence-electron chi connectivity index (χ3n) is 4.63. The molecule has 0 aliphatic rings. The van der Waals surface area contributed by atoms with Gasteiger partial charge in [-0.1, -0.05) is 41.4 Å².